The molecule has 0 saturated carbocycles. The van der Waals surface area contributed by atoms with Crippen molar-refractivity contribution in [2.45, 2.75) is 19.3 Å². The number of para-hydroxylation sites is 1. The van der Waals surface area contributed by atoms with Crippen LogP contribution in [0.5, 0.6) is 0 Å². The number of anilines is 1. The van der Waals surface area contributed by atoms with Crippen molar-refractivity contribution < 1.29 is 0 Å². The second-order valence-corrected chi connectivity index (χ2v) is 5.91. The monoisotopic (exact) mass is 295 g/mol. The number of likely N-dealkylation sites (tertiary alicyclic amines) is 1. The average molecular weight is 295 g/mol. The first-order valence-electron chi connectivity index (χ1n) is 8.10. The lowest BCUT2D eigenvalue weighted by atomic mass is 10.1. The molecule has 114 valence electrons. The number of piperidine rings is 1. The van der Waals surface area contributed by atoms with E-state index < -0.39 is 0 Å². The number of benzene rings is 1. The van der Waals surface area contributed by atoms with E-state index in [-0.39, 0.29) is 0 Å². The fourth-order valence-corrected chi connectivity index (χ4v) is 3.25. The van der Waals surface area contributed by atoms with Crippen LogP contribution in [0.15, 0.2) is 36.5 Å². The molecule has 1 aliphatic rings. The Balaban J connectivity index is 1.56. The minimum Gasteiger partial charge on any atom is -0.353 e. The van der Waals surface area contributed by atoms with E-state index >= 15 is 0 Å². The van der Waals surface area contributed by atoms with Gasteiger partial charge >= 0.3 is 0 Å². The lowest BCUT2D eigenvalue weighted by molar-refractivity contribution is 0.237. The minimum absolute atomic E-state index is 0.829. The van der Waals surface area contributed by atoms with E-state index in [4.69, 9.17) is 4.98 Å². The number of aromatic nitrogens is 3. The number of nitrogens with one attached hydrogen (secondary N) is 1. The zero-order chi connectivity index (χ0) is 14.8. The van der Waals surface area contributed by atoms with Crippen molar-refractivity contribution in [2.75, 3.05) is 31.5 Å². The second-order valence-electron chi connectivity index (χ2n) is 5.91. The maximum atomic E-state index is 4.73. The van der Waals surface area contributed by atoms with Gasteiger partial charge in [0.2, 0.25) is 5.95 Å². The third-order valence-corrected chi connectivity index (χ3v) is 4.41. The molecule has 1 fully saturated rings. The fourth-order valence-electron chi connectivity index (χ4n) is 3.25. The van der Waals surface area contributed by atoms with Gasteiger partial charge < -0.3 is 10.2 Å². The van der Waals surface area contributed by atoms with Gasteiger partial charge in [0.15, 0.2) is 0 Å². The SMILES string of the molecule is c1ccc2c(c1)nc(NCCN1CCCCC1)n1nccc21. The summed E-state index contributed by atoms with van der Waals surface area (Å²) in [6.07, 6.45) is 5.87. The summed E-state index contributed by atoms with van der Waals surface area (Å²) in [6.45, 7) is 4.42. The van der Waals surface area contributed by atoms with Crippen LogP contribution in [0.1, 0.15) is 19.3 Å². The Labute approximate surface area is 129 Å². The van der Waals surface area contributed by atoms with Crippen molar-refractivity contribution in [2.24, 2.45) is 0 Å². The highest BCUT2D eigenvalue weighted by molar-refractivity contribution is 5.94. The largest absolute Gasteiger partial charge is 0.353 e. The summed E-state index contributed by atoms with van der Waals surface area (Å²) in [5, 5.41) is 9.01. The Morgan fingerprint density at radius 1 is 1.05 bits per heavy atom. The van der Waals surface area contributed by atoms with Gasteiger partial charge in [-0.25, -0.2) is 4.98 Å². The lowest BCUT2D eigenvalue weighted by Crippen LogP contribution is -2.34. The summed E-state index contributed by atoms with van der Waals surface area (Å²) in [5.41, 5.74) is 2.11. The van der Waals surface area contributed by atoms with E-state index in [1.54, 1.807) is 0 Å². The number of nitrogens with zero attached hydrogens (tertiary/aromatic N) is 4. The van der Waals surface area contributed by atoms with Crippen LogP contribution in [0.2, 0.25) is 0 Å². The summed E-state index contributed by atoms with van der Waals surface area (Å²) in [5.74, 6) is 0.829. The zero-order valence-electron chi connectivity index (χ0n) is 12.7. The molecule has 0 bridgehead atoms. The zero-order valence-corrected chi connectivity index (χ0v) is 12.7. The van der Waals surface area contributed by atoms with Crippen LogP contribution in [-0.2, 0) is 0 Å². The van der Waals surface area contributed by atoms with Crippen LogP contribution in [-0.4, -0.2) is 45.7 Å². The molecule has 5 heteroatoms. The molecule has 0 unspecified atom stereocenters. The van der Waals surface area contributed by atoms with Gasteiger partial charge in [-0.3, -0.25) is 0 Å². The summed E-state index contributed by atoms with van der Waals surface area (Å²) in [4.78, 5) is 7.25. The predicted octanol–water partition coefficient (Wildman–Crippen LogP) is 2.78. The van der Waals surface area contributed by atoms with Crippen LogP contribution in [0, 0.1) is 0 Å². The first-order valence-corrected chi connectivity index (χ1v) is 8.10. The number of rotatable bonds is 4. The van der Waals surface area contributed by atoms with Crippen molar-refractivity contribution >= 4 is 22.4 Å². The third kappa shape index (κ3) is 2.52. The molecule has 5 nitrogen and oxygen atoms in total. The Bertz CT molecular complexity index is 773. The normalized spacial score (nSPS) is 16.4. The molecule has 3 aromatic rings. The van der Waals surface area contributed by atoms with Gasteiger partial charge in [-0.15, -0.1) is 0 Å². The molecule has 0 amide bonds. The van der Waals surface area contributed by atoms with Crippen LogP contribution < -0.4 is 5.32 Å². The molecule has 3 heterocycles. The van der Waals surface area contributed by atoms with Gasteiger partial charge in [-0.1, -0.05) is 24.6 Å². The number of fused-ring (bicyclic) bond motifs is 3. The molecule has 0 aliphatic carbocycles. The molecule has 0 radical (unpaired) electrons. The van der Waals surface area contributed by atoms with Gasteiger partial charge in [0, 0.05) is 18.5 Å². The summed E-state index contributed by atoms with van der Waals surface area (Å²) in [6, 6.07) is 10.3. The maximum Gasteiger partial charge on any atom is 0.225 e. The molecule has 1 saturated heterocycles. The van der Waals surface area contributed by atoms with Crippen molar-refractivity contribution in [3.8, 4) is 0 Å². The molecule has 1 aliphatic heterocycles. The van der Waals surface area contributed by atoms with E-state index in [1.807, 2.05) is 28.9 Å². The molecule has 1 N–H and O–H groups in total. The Morgan fingerprint density at radius 3 is 2.82 bits per heavy atom. The minimum atomic E-state index is 0.829. The van der Waals surface area contributed by atoms with Gasteiger partial charge in [-0.2, -0.15) is 9.61 Å². The van der Waals surface area contributed by atoms with Crippen molar-refractivity contribution in [3.05, 3.63) is 36.5 Å². The van der Waals surface area contributed by atoms with Gasteiger partial charge in [0.1, 0.15) is 0 Å². The van der Waals surface area contributed by atoms with Crippen LogP contribution in [0.3, 0.4) is 0 Å². The highest BCUT2D eigenvalue weighted by Crippen LogP contribution is 2.21. The Kier molecular flexibility index (Phi) is 3.64. The molecule has 2 aromatic heterocycles. The van der Waals surface area contributed by atoms with E-state index in [0.29, 0.717) is 0 Å². The number of hydrogen-bond acceptors (Lipinski definition) is 4. The second kappa shape index (κ2) is 5.93. The lowest BCUT2D eigenvalue weighted by Gasteiger charge is -2.26. The fraction of sp³-hybridized carbons (Fsp3) is 0.412. The molecule has 0 spiro atoms. The average Bonchev–Trinajstić information content (AvgIpc) is 3.06. The number of hydrogen-bond donors (Lipinski definition) is 1. The van der Waals surface area contributed by atoms with Crippen molar-refractivity contribution in [1.82, 2.24) is 19.5 Å². The van der Waals surface area contributed by atoms with E-state index in [1.165, 1.54) is 32.4 Å². The van der Waals surface area contributed by atoms with E-state index in [0.717, 1.165) is 35.5 Å². The van der Waals surface area contributed by atoms with Crippen molar-refractivity contribution in [1.29, 1.82) is 0 Å². The third-order valence-electron chi connectivity index (χ3n) is 4.41. The summed E-state index contributed by atoms with van der Waals surface area (Å²) < 4.78 is 1.90. The van der Waals surface area contributed by atoms with Crippen LogP contribution in [0.4, 0.5) is 5.95 Å². The van der Waals surface area contributed by atoms with Crippen molar-refractivity contribution in [3.63, 3.8) is 0 Å². The molecule has 1 aromatic carbocycles. The van der Waals surface area contributed by atoms with Crippen LogP contribution in [0.25, 0.3) is 16.4 Å². The molecule has 22 heavy (non-hydrogen) atoms. The van der Waals surface area contributed by atoms with Crippen LogP contribution >= 0.6 is 0 Å². The molecular formula is C17H21N5. The summed E-state index contributed by atoms with van der Waals surface area (Å²) >= 11 is 0. The highest BCUT2D eigenvalue weighted by atomic mass is 15.3. The Morgan fingerprint density at radius 2 is 1.91 bits per heavy atom. The van der Waals surface area contributed by atoms with Gasteiger partial charge in [0.05, 0.1) is 17.2 Å². The summed E-state index contributed by atoms with van der Waals surface area (Å²) in [7, 11) is 0. The quantitative estimate of drug-likeness (QED) is 0.804. The van der Waals surface area contributed by atoms with E-state index in [9.17, 15) is 0 Å². The first-order chi connectivity index (χ1) is 10.9. The van der Waals surface area contributed by atoms with Gasteiger partial charge in [0.25, 0.3) is 0 Å². The van der Waals surface area contributed by atoms with Gasteiger partial charge in [-0.05, 0) is 38.1 Å². The molecule has 4 rings (SSSR count). The topological polar surface area (TPSA) is 45.5 Å². The first kappa shape index (κ1) is 13.5. The Hall–Kier alpha value is -2.14. The predicted molar refractivity (Wildman–Crippen MR) is 89.3 cm³/mol. The standard InChI is InChI=1S/C17H21N5/c1-4-11-21(12-5-1)13-10-18-17-20-15-7-3-2-6-14(15)16-8-9-19-22(16)17/h2-3,6-9H,1,4-5,10-13H2,(H,18,20). The molecular weight excluding hydrogens is 274 g/mol. The van der Waals surface area contributed by atoms with E-state index in [2.05, 4.69) is 27.4 Å². The highest BCUT2D eigenvalue weighted by Gasteiger charge is 2.11. The smallest absolute Gasteiger partial charge is 0.225 e. The molecule has 0 atom stereocenters. The maximum absolute atomic E-state index is 4.73.